The van der Waals surface area contributed by atoms with Gasteiger partial charge in [0.1, 0.15) is 65.0 Å². The van der Waals surface area contributed by atoms with Gasteiger partial charge in [0.2, 0.25) is 0 Å². The Labute approximate surface area is 542 Å². The van der Waals surface area contributed by atoms with Crippen molar-refractivity contribution in [1.29, 1.82) is 0 Å². The number of methoxy groups -OCH3 is 2. The number of hydrogen-bond acceptors (Lipinski definition) is 14. The SMILES string of the molecule is CC(C)(C)OC(=O)N[C@@H](Cc1ccc(F)c(Cl)c1)C(=O)O.COC(=O)[C@H](CI)NC(=O)OC(C)(C)C.COC(=O)[C@H](Cc1ccc(F)c(Cl)c1)NC(=O)OC(C)(C)C.O=C(N[C@@H](Cc1ccc(F)c(Cl)c1)C(=O)O)OCC1c2ccccc2-c2ccccc21. The zero-order valence-corrected chi connectivity index (χ0v) is 54.9. The molecule has 4 atom stereocenters. The number of fused-ring (bicyclic) bond motifs is 3. The number of nitrogens with one attached hydrogen (secondary N) is 4. The van der Waals surface area contributed by atoms with Gasteiger partial charge in [-0.2, -0.15) is 0 Å². The molecule has 0 saturated carbocycles. The van der Waals surface area contributed by atoms with Gasteiger partial charge in [0.05, 0.1) is 29.3 Å². The van der Waals surface area contributed by atoms with Gasteiger partial charge in [-0.1, -0.05) is 124 Å². The summed E-state index contributed by atoms with van der Waals surface area (Å²) < 4.78 is 69.6. The minimum atomic E-state index is -1.24. The van der Waals surface area contributed by atoms with E-state index < -0.39 is 107 Å². The second-order valence-electron chi connectivity index (χ2n) is 22.4. The molecule has 20 nitrogen and oxygen atoms in total. The Morgan fingerprint density at radius 3 is 1.10 bits per heavy atom. The molecule has 0 fully saturated rings. The predicted molar refractivity (Wildman–Crippen MR) is 335 cm³/mol. The van der Waals surface area contributed by atoms with Crippen LogP contribution in [-0.2, 0) is 66.9 Å². The summed E-state index contributed by atoms with van der Waals surface area (Å²) in [5.41, 5.74) is 3.89. The van der Waals surface area contributed by atoms with Crippen molar-refractivity contribution in [3.63, 3.8) is 0 Å². The Kier molecular flexibility index (Phi) is 29.8. The van der Waals surface area contributed by atoms with Crippen LogP contribution in [0.1, 0.15) is 96.0 Å². The lowest BCUT2D eigenvalue weighted by molar-refractivity contribution is -0.143. The van der Waals surface area contributed by atoms with Gasteiger partial charge in [-0.25, -0.2) is 51.5 Å². The van der Waals surface area contributed by atoms with Crippen LogP contribution in [0.2, 0.25) is 15.1 Å². The number of carboxylic acids is 2. The van der Waals surface area contributed by atoms with Crippen molar-refractivity contribution in [2.24, 2.45) is 0 Å². The number of hydrogen-bond donors (Lipinski definition) is 6. The number of ether oxygens (including phenoxy) is 6. The molecule has 1 aliphatic carbocycles. The number of alkyl halides is 1. The summed E-state index contributed by atoms with van der Waals surface area (Å²) in [4.78, 5) is 92.7. The van der Waals surface area contributed by atoms with E-state index in [1.54, 1.807) is 62.3 Å². The molecule has 0 saturated heterocycles. The van der Waals surface area contributed by atoms with Gasteiger partial charge in [0.25, 0.3) is 0 Å². The molecule has 6 N–H and O–H groups in total. The first-order valence-electron chi connectivity index (χ1n) is 27.0. The van der Waals surface area contributed by atoms with Crippen molar-refractivity contribution in [2.45, 2.75) is 128 Å². The number of carbonyl (C=O) groups excluding carboxylic acids is 6. The highest BCUT2D eigenvalue weighted by atomic mass is 127. The van der Waals surface area contributed by atoms with Crippen LogP contribution >= 0.6 is 57.4 Å². The normalized spacial score (nSPS) is 12.8. The van der Waals surface area contributed by atoms with Crippen LogP contribution in [0.15, 0.2) is 103 Å². The molecule has 89 heavy (non-hydrogen) atoms. The number of benzene rings is 5. The van der Waals surface area contributed by atoms with Crippen LogP contribution in [0.25, 0.3) is 11.1 Å². The van der Waals surface area contributed by atoms with Crippen molar-refractivity contribution < 1.29 is 90.2 Å². The van der Waals surface area contributed by atoms with E-state index in [0.29, 0.717) is 21.1 Å². The summed E-state index contributed by atoms with van der Waals surface area (Å²) in [7, 11) is 2.49. The maximum absolute atomic E-state index is 13.3. The zero-order valence-electron chi connectivity index (χ0n) is 50.5. The zero-order chi connectivity index (χ0) is 67.1. The summed E-state index contributed by atoms with van der Waals surface area (Å²) in [5.74, 6) is -5.43. The Balaban J connectivity index is 0.000000321. The molecule has 0 unspecified atom stereocenters. The van der Waals surface area contributed by atoms with Gasteiger partial charge in [-0.3, -0.25) is 0 Å². The average molecular weight is 1420 g/mol. The smallest absolute Gasteiger partial charge is 0.408 e. The molecule has 0 bridgehead atoms. The molecule has 5 aromatic rings. The van der Waals surface area contributed by atoms with Crippen molar-refractivity contribution in [3.05, 3.63) is 163 Å². The highest BCUT2D eigenvalue weighted by Gasteiger charge is 2.31. The second-order valence-corrected chi connectivity index (χ2v) is 24.5. The number of rotatable bonds is 17. The molecule has 0 radical (unpaired) electrons. The molecule has 5 aromatic carbocycles. The van der Waals surface area contributed by atoms with E-state index in [-0.39, 0.29) is 46.9 Å². The molecular weight excluding hydrogens is 1350 g/mol. The lowest BCUT2D eigenvalue weighted by atomic mass is 9.98. The number of esters is 2. The number of aliphatic carboxylic acids is 2. The monoisotopic (exact) mass is 1420 g/mol. The third-order valence-corrected chi connectivity index (χ3v) is 13.5. The Morgan fingerprint density at radius 1 is 0.483 bits per heavy atom. The number of halogens is 7. The predicted octanol–water partition coefficient (Wildman–Crippen LogP) is 12.6. The summed E-state index contributed by atoms with van der Waals surface area (Å²) in [6, 6.07) is 23.7. The largest absolute Gasteiger partial charge is 0.480 e. The maximum Gasteiger partial charge on any atom is 0.408 e. The third-order valence-electron chi connectivity index (χ3n) is 11.7. The van der Waals surface area contributed by atoms with Crippen LogP contribution < -0.4 is 21.3 Å². The fraction of sp³-hybridized carbons (Fsp3) is 0.387. The van der Waals surface area contributed by atoms with Crippen LogP contribution in [-0.4, -0.2) is 125 Å². The van der Waals surface area contributed by atoms with E-state index in [4.69, 9.17) is 58.9 Å². The molecule has 1 aliphatic rings. The van der Waals surface area contributed by atoms with E-state index >= 15 is 0 Å². The first kappa shape index (κ1) is 75.7. The summed E-state index contributed by atoms with van der Waals surface area (Å²) in [6.07, 6.45) is -3.00. The van der Waals surface area contributed by atoms with Crippen LogP contribution in [0.5, 0.6) is 0 Å². The van der Waals surface area contributed by atoms with Gasteiger partial charge >= 0.3 is 48.3 Å². The van der Waals surface area contributed by atoms with E-state index in [9.17, 15) is 56.6 Å². The first-order valence-corrected chi connectivity index (χ1v) is 29.7. The molecule has 27 heteroatoms. The highest BCUT2D eigenvalue weighted by molar-refractivity contribution is 14.1. The standard InChI is InChI=1S/C24H19ClFNO4.C15H19ClFNO4.C14H17ClFNO4.C9H16INO4/c25-20-11-14(9-10-21(20)26)12-22(23(28)29)27-24(30)31-13-19-17-7-3-1-5-15(17)16-6-2-4-8-18(16)19;1-15(2,3)22-14(20)18-12(13(19)21-4)8-9-5-6-11(17)10(16)7-9;1-14(2,3)21-13(20)17-11(12(18)19)7-8-4-5-10(16)9(15)6-8;1-9(2,3)15-8(13)11-6(5-10)7(12)14-4/h1-11,19,22H,12-13H2,(H,27,30)(H,28,29);5-7,12H,8H2,1-4H3,(H,18,20);4-6,11H,7H2,1-3H3,(H,17,20)(H,18,19);6H,5H2,1-4H3,(H,11,13)/t22-;12-;11-;6-/m0000/s1. The van der Waals surface area contributed by atoms with Crippen molar-refractivity contribution in [1.82, 2.24) is 21.3 Å². The number of amides is 4. The summed E-state index contributed by atoms with van der Waals surface area (Å²) in [5, 5.41) is 27.8. The van der Waals surface area contributed by atoms with Crippen LogP contribution in [0.4, 0.5) is 32.3 Å². The Hall–Kier alpha value is -7.55. The van der Waals surface area contributed by atoms with Gasteiger partial charge in [0, 0.05) is 29.6 Å². The third kappa shape index (κ3) is 27.0. The van der Waals surface area contributed by atoms with Crippen molar-refractivity contribution >= 4 is 106 Å². The topological polar surface area (TPSA) is 281 Å². The average Bonchev–Trinajstić information content (AvgIpc) is 1.91. The quantitative estimate of drug-likeness (QED) is 0.0218. The molecule has 484 valence electrons. The van der Waals surface area contributed by atoms with Crippen LogP contribution in [0, 0.1) is 17.5 Å². The fourth-order valence-electron chi connectivity index (χ4n) is 7.88. The van der Waals surface area contributed by atoms with E-state index in [2.05, 4.69) is 30.7 Å². The van der Waals surface area contributed by atoms with Gasteiger partial charge in [-0.15, -0.1) is 0 Å². The van der Waals surface area contributed by atoms with E-state index in [0.717, 1.165) is 34.4 Å². The fourth-order valence-corrected chi connectivity index (χ4v) is 9.07. The van der Waals surface area contributed by atoms with Gasteiger partial charge in [0.15, 0.2) is 0 Å². The number of alkyl carbamates (subject to hydrolysis) is 4. The maximum atomic E-state index is 13.3. The van der Waals surface area contributed by atoms with Gasteiger partial charge < -0.3 is 59.9 Å². The second kappa shape index (κ2) is 35.0. The molecule has 0 aromatic heterocycles. The number of carbonyl (C=O) groups is 8. The van der Waals surface area contributed by atoms with Crippen molar-refractivity contribution in [2.75, 3.05) is 25.3 Å². The molecule has 0 aliphatic heterocycles. The molecule has 6 rings (SSSR count). The van der Waals surface area contributed by atoms with Gasteiger partial charge in [-0.05, 0) is 138 Å². The minimum absolute atomic E-state index is 0.0332. The first-order chi connectivity index (χ1) is 41.4. The molecule has 0 heterocycles. The van der Waals surface area contributed by atoms with Crippen molar-refractivity contribution in [3.8, 4) is 11.1 Å². The Bertz CT molecular complexity index is 3240. The minimum Gasteiger partial charge on any atom is -0.480 e. The molecule has 4 amide bonds. The Morgan fingerprint density at radius 2 is 0.787 bits per heavy atom. The number of carboxylic acid groups (broad SMARTS) is 2. The highest BCUT2D eigenvalue weighted by Crippen LogP contribution is 2.44. The van der Waals surface area contributed by atoms with E-state index in [1.165, 1.54) is 56.7 Å². The summed E-state index contributed by atoms with van der Waals surface area (Å²) in [6.45, 7) is 15.5. The van der Waals surface area contributed by atoms with Crippen LogP contribution in [0.3, 0.4) is 0 Å². The summed E-state index contributed by atoms with van der Waals surface area (Å²) >= 11 is 19.1. The molecular formula is C62H71Cl3F3IN4O16. The van der Waals surface area contributed by atoms with E-state index in [1.807, 2.05) is 71.1 Å². The lowest BCUT2D eigenvalue weighted by Gasteiger charge is -2.22. The lowest BCUT2D eigenvalue weighted by Crippen LogP contribution is -2.45. The molecule has 0 spiro atoms.